The molecule has 2 amide bonds. The maximum atomic E-state index is 13.8. The highest BCUT2D eigenvalue weighted by molar-refractivity contribution is 5.90. The van der Waals surface area contributed by atoms with Gasteiger partial charge in [0.15, 0.2) is 12.0 Å². The number of carbonyl (C=O) groups is 1. The number of nitrogens with zero attached hydrogens (tertiary/aromatic N) is 5. The van der Waals surface area contributed by atoms with Gasteiger partial charge in [-0.3, -0.25) is 4.99 Å². The van der Waals surface area contributed by atoms with E-state index in [-0.39, 0.29) is 6.17 Å². The zero-order chi connectivity index (χ0) is 31.1. The molecule has 44 heavy (non-hydrogen) atoms. The van der Waals surface area contributed by atoms with Gasteiger partial charge in [0, 0.05) is 72.5 Å². The molecule has 1 aromatic carbocycles. The molecular formula is C31H28F4N8O. The van der Waals surface area contributed by atoms with Crippen molar-refractivity contribution in [1.29, 1.82) is 0 Å². The Kier molecular flexibility index (Phi) is 9.03. The van der Waals surface area contributed by atoms with E-state index in [1.165, 1.54) is 0 Å². The van der Waals surface area contributed by atoms with Crippen LogP contribution in [-0.2, 0) is 6.42 Å². The molecule has 3 aromatic rings. The normalized spacial score (nSPS) is 16.8. The van der Waals surface area contributed by atoms with Crippen molar-refractivity contribution in [2.24, 2.45) is 4.99 Å². The number of benzene rings is 1. The smallest absolute Gasteiger partial charge is 0.361 e. The average molecular weight is 605 g/mol. The maximum absolute atomic E-state index is 13.8. The molecule has 5 rings (SSSR count). The summed E-state index contributed by atoms with van der Waals surface area (Å²) in [6, 6.07) is 5.94. The molecule has 0 saturated heterocycles. The lowest BCUT2D eigenvalue weighted by atomic mass is 10.1. The Morgan fingerprint density at radius 1 is 1.20 bits per heavy atom. The van der Waals surface area contributed by atoms with Crippen molar-refractivity contribution < 1.29 is 22.4 Å². The van der Waals surface area contributed by atoms with Crippen LogP contribution in [0.4, 0.5) is 28.0 Å². The SMILES string of the molecule is C=C/C=C(F)\C=C(/CC(F)(F)F)NC(=O)Nc1cccc(CC2=Cn3ccnc3C(n3ccnc3C3=CC=NC=CC3)N2)c1. The second-order valence-electron chi connectivity index (χ2n) is 9.84. The van der Waals surface area contributed by atoms with Crippen LogP contribution < -0.4 is 16.0 Å². The molecule has 2 aliphatic heterocycles. The van der Waals surface area contributed by atoms with E-state index >= 15 is 0 Å². The first-order valence-corrected chi connectivity index (χ1v) is 13.5. The number of aromatic nitrogens is 4. The van der Waals surface area contributed by atoms with Crippen molar-refractivity contribution in [2.45, 2.75) is 31.6 Å². The number of fused-ring (bicyclic) bond motifs is 1. The Labute approximate surface area is 250 Å². The van der Waals surface area contributed by atoms with Crippen molar-refractivity contribution in [2.75, 3.05) is 5.32 Å². The van der Waals surface area contributed by atoms with Crippen molar-refractivity contribution >= 4 is 29.7 Å². The molecule has 0 spiro atoms. The molecule has 13 heteroatoms. The standard InChI is InChI=1S/C31H28F4N8O/c1-2-5-23(32)18-25(19-31(33,34)35)41-30(44)40-24-8-3-6-21(16-24)17-26-20-42-14-12-38-28(42)29(39-26)43-15-13-37-27(43)22-7-4-10-36-11-9-22/h2-6,8-16,18,20,29,39H,1,7,17,19H2,(H2,40,41,44)/b23-5+,25-18+. The molecule has 3 N–H and O–H groups in total. The van der Waals surface area contributed by atoms with E-state index in [9.17, 15) is 22.4 Å². The molecular weight excluding hydrogens is 576 g/mol. The summed E-state index contributed by atoms with van der Waals surface area (Å²) in [7, 11) is 0. The lowest BCUT2D eigenvalue weighted by Crippen LogP contribution is -2.34. The summed E-state index contributed by atoms with van der Waals surface area (Å²) >= 11 is 0. The third-order valence-corrected chi connectivity index (χ3v) is 6.52. The Balaban J connectivity index is 1.31. The molecule has 2 aliphatic rings. The number of hydrogen-bond acceptors (Lipinski definition) is 5. The monoisotopic (exact) mass is 604 g/mol. The molecule has 1 atom stereocenters. The van der Waals surface area contributed by atoms with Gasteiger partial charge in [-0.2, -0.15) is 13.2 Å². The van der Waals surface area contributed by atoms with Crippen LogP contribution in [0.15, 0.2) is 114 Å². The number of allylic oxidation sites excluding steroid dienone is 9. The molecule has 1 unspecified atom stereocenters. The third-order valence-electron chi connectivity index (χ3n) is 6.52. The summed E-state index contributed by atoms with van der Waals surface area (Å²) in [4.78, 5) is 25.9. The van der Waals surface area contributed by atoms with Crippen LogP contribution >= 0.6 is 0 Å². The zero-order valence-corrected chi connectivity index (χ0v) is 23.3. The highest BCUT2D eigenvalue weighted by Crippen LogP contribution is 2.28. The summed E-state index contributed by atoms with van der Waals surface area (Å²) in [6.45, 7) is 3.31. The predicted molar refractivity (Wildman–Crippen MR) is 161 cm³/mol. The summed E-state index contributed by atoms with van der Waals surface area (Å²) in [5.74, 6) is 0.557. The summed E-state index contributed by atoms with van der Waals surface area (Å²) in [5, 5.41) is 8.16. The minimum atomic E-state index is -4.66. The Hall–Kier alpha value is -5.46. The van der Waals surface area contributed by atoms with Crippen LogP contribution in [0.2, 0.25) is 0 Å². The molecule has 0 aliphatic carbocycles. The van der Waals surface area contributed by atoms with Gasteiger partial charge < -0.3 is 25.1 Å². The van der Waals surface area contributed by atoms with Crippen molar-refractivity contribution in [3.05, 3.63) is 127 Å². The first-order chi connectivity index (χ1) is 21.2. The zero-order valence-electron chi connectivity index (χ0n) is 23.3. The molecule has 2 aromatic heterocycles. The van der Waals surface area contributed by atoms with E-state index in [1.54, 1.807) is 43.0 Å². The number of imidazole rings is 2. The van der Waals surface area contributed by atoms with Crippen molar-refractivity contribution in [1.82, 2.24) is 29.7 Å². The van der Waals surface area contributed by atoms with E-state index in [4.69, 9.17) is 0 Å². The summed E-state index contributed by atoms with van der Waals surface area (Å²) in [5.41, 5.74) is 2.35. The minimum Gasteiger partial charge on any atom is -0.361 e. The highest BCUT2D eigenvalue weighted by Gasteiger charge is 2.30. The molecule has 0 bridgehead atoms. The van der Waals surface area contributed by atoms with Crippen LogP contribution in [-0.4, -0.2) is 37.5 Å². The molecule has 0 saturated carbocycles. The molecule has 0 radical (unpaired) electrons. The lowest BCUT2D eigenvalue weighted by molar-refractivity contribution is -0.127. The number of hydrogen-bond donors (Lipinski definition) is 3. The van der Waals surface area contributed by atoms with Gasteiger partial charge in [0.25, 0.3) is 0 Å². The van der Waals surface area contributed by atoms with E-state index in [0.717, 1.165) is 40.6 Å². The number of carbonyl (C=O) groups excluding carboxylic acids is 1. The van der Waals surface area contributed by atoms with Crippen LogP contribution in [0.1, 0.15) is 36.2 Å². The van der Waals surface area contributed by atoms with Gasteiger partial charge in [0.1, 0.15) is 11.7 Å². The first kappa shape index (κ1) is 30.0. The van der Waals surface area contributed by atoms with Gasteiger partial charge in [-0.1, -0.05) is 30.9 Å². The predicted octanol–water partition coefficient (Wildman–Crippen LogP) is 6.64. The summed E-state index contributed by atoms with van der Waals surface area (Å²) < 4.78 is 56.8. The number of halogens is 4. The topological polar surface area (TPSA) is 101 Å². The number of aliphatic imine (C=N–C) groups is 1. The van der Waals surface area contributed by atoms with Crippen LogP contribution in [0.3, 0.4) is 0 Å². The van der Waals surface area contributed by atoms with Crippen molar-refractivity contribution in [3.8, 4) is 0 Å². The van der Waals surface area contributed by atoms with Crippen LogP contribution in [0, 0.1) is 0 Å². The molecule has 226 valence electrons. The Morgan fingerprint density at radius 2 is 2.05 bits per heavy atom. The Bertz CT molecular complexity index is 1720. The van der Waals surface area contributed by atoms with Gasteiger partial charge in [0.2, 0.25) is 0 Å². The highest BCUT2D eigenvalue weighted by atomic mass is 19.4. The van der Waals surface area contributed by atoms with Gasteiger partial charge in [0.05, 0.1) is 6.42 Å². The Morgan fingerprint density at radius 3 is 2.86 bits per heavy atom. The van der Waals surface area contributed by atoms with Gasteiger partial charge in [-0.25, -0.2) is 19.2 Å². The molecule has 4 heterocycles. The number of alkyl halides is 3. The summed E-state index contributed by atoms with van der Waals surface area (Å²) in [6.07, 6.45) is 13.6. The van der Waals surface area contributed by atoms with Crippen LogP contribution in [0.25, 0.3) is 11.8 Å². The fourth-order valence-electron chi connectivity index (χ4n) is 4.77. The molecule has 0 fully saturated rings. The van der Waals surface area contributed by atoms with E-state index in [2.05, 4.69) is 37.5 Å². The number of nitrogens with one attached hydrogen (secondary N) is 3. The second kappa shape index (κ2) is 13.2. The fourth-order valence-corrected chi connectivity index (χ4v) is 4.77. The third kappa shape index (κ3) is 7.68. The van der Waals surface area contributed by atoms with Gasteiger partial charge in [-0.05, 0) is 42.3 Å². The average Bonchev–Trinajstić information content (AvgIpc) is 3.55. The lowest BCUT2D eigenvalue weighted by Gasteiger charge is -2.28. The number of anilines is 1. The molecule has 9 nitrogen and oxygen atoms in total. The van der Waals surface area contributed by atoms with Gasteiger partial charge >= 0.3 is 12.2 Å². The quantitative estimate of drug-likeness (QED) is 0.188. The fraction of sp³-hybridized carbons (Fsp3) is 0.161. The van der Waals surface area contributed by atoms with Gasteiger partial charge in [-0.15, -0.1) is 0 Å². The number of urea groups is 1. The number of amides is 2. The van der Waals surface area contributed by atoms with E-state index in [1.807, 2.05) is 45.9 Å². The van der Waals surface area contributed by atoms with Crippen LogP contribution in [0.5, 0.6) is 0 Å². The van der Waals surface area contributed by atoms with E-state index < -0.39 is 30.2 Å². The number of rotatable bonds is 9. The first-order valence-electron chi connectivity index (χ1n) is 13.5. The minimum absolute atomic E-state index is 0.344. The van der Waals surface area contributed by atoms with Crippen molar-refractivity contribution in [3.63, 3.8) is 0 Å². The largest absolute Gasteiger partial charge is 0.394 e. The maximum Gasteiger partial charge on any atom is 0.394 e. The van der Waals surface area contributed by atoms with E-state index in [0.29, 0.717) is 24.6 Å². The second-order valence-corrected chi connectivity index (χ2v) is 9.84.